The molecular weight excluding hydrogens is 330 g/mol. The molecule has 26 heavy (non-hydrogen) atoms. The van der Waals surface area contributed by atoms with Crippen LogP contribution in [0.1, 0.15) is 48.1 Å². The Kier molecular flexibility index (Phi) is 4.38. The van der Waals surface area contributed by atoms with Crippen molar-refractivity contribution in [2.45, 2.75) is 38.3 Å². The number of nitrogens with zero attached hydrogens (tertiary/aromatic N) is 3. The fraction of sp³-hybridized carbons (Fsp3) is 0.368. The zero-order chi connectivity index (χ0) is 18.0. The van der Waals surface area contributed by atoms with Crippen LogP contribution in [0.4, 0.5) is 0 Å². The number of hydrogen-bond acceptors (Lipinski definition) is 5. The summed E-state index contributed by atoms with van der Waals surface area (Å²) in [6.45, 7) is 3.12. The van der Waals surface area contributed by atoms with Crippen molar-refractivity contribution in [1.82, 2.24) is 25.5 Å². The van der Waals surface area contributed by atoms with Gasteiger partial charge in [-0.25, -0.2) is 9.97 Å². The third-order valence-corrected chi connectivity index (χ3v) is 4.79. The number of aromatic amines is 1. The minimum atomic E-state index is -0.409. The first kappa shape index (κ1) is 16.7. The number of para-hydroxylation sites is 1. The van der Waals surface area contributed by atoms with E-state index in [1.807, 2.05) is 31.2 Å². The number of H-pyrrole nitrogens is 1. The molecule has 0 saturated carbocycles. The molecule has 1 amide bonds. The Morgan fingerprint density at radius 2 is 2.08 bits per heavy atom. The second-order valence-electron chi connectivity index (χ2n) is 6.75. The summed E-state index contributed by atoms with van der Waals surface area (Å²) in [4.78, 5) is 21.3. The predicted octanol–water partition coefficient (Wildman–Crippen LogP) is 2.70. The second-order valence-corrected chi connectivity index (χ2v) is 6.75. The van der Waals surface area contributed by atoms with Crippen LogP contribution < -0.4 is 5.32 Å². The number of aromatic nitrogens is 4. The van der Waals surface area contributed by atoms with Gasteiger partial charge in [0, 0.05) is 36.5 Å². The van der Waals surface area contributed by atoms with E-state index in [1.54, 1.807) is 12.4 Å². The van der Waals surface area contributed by atoms with Gasteiger partial charge >= 0.3 is 0 Å². The monoisotopic (exact) mass is 351 g/mol. The predicted molar refractivity (Wildman–Crippen MR) is 96.5 cm³/mol. The highest BCUT2D eigenvalue weighted by molar-refractivity contribution is 6.04. The number of carbonyl (C=O) groups excluding carboxylic acids is 1. The van der Waals surface area contributed by atoms with Crippen molar-refractivity contribution in [2.24, 2.45) is 0 Å². The SMILES string of the molecule is C[C@@]1(c2ncc(CNC(=O)c3n[nH]c4ccccc34)cn2)CCCCO1. The highest BCUT2D eigenvalue weighted by atomic mass is 16.5. The molecule has 134 valence electrons. The molecule has 1 aliphatic heterocycles. The highest BCUT2D eigenvalue weighted by Crippen LogP contribution is 2.32. The van der Waals surface area contributed by atoms with Gasteiger partial charge in [-0.2, -0.15) is 5.10 Å². The molecule has 1 aliphatic rings. The summed E-state index contributed by atoms with van der Waals surface area (Å²) >= 11 is 0. The molecule has 7 heteroatoms. The van der Waals surface area contributed by atoms with Gasteiger partial charge in [0.25, 0.3) is 5.91 Å². The van der Waals surface area contributed by atoms with E-state index in [1.165, 1.54) is 0 Å². The number of amides is 1. The number of hydrogen-bond donors (Lipinski definition) is 2. The van der Waals surface area contributed by atoms with Crippen molar-refractivity contribution in [3.63, 3.8) is 0 Å². The molecule has 0 radical (unpaired) electrons. The summed E-state index contributed by atoms with van der Waals surface area (Å²) in [7, 11) is 0. The van der Waals surface area contributed by atoms with Crippen LogP contribution >= 0.6 is 0 Å². The van der Waals surface area contributed by atoms with Crippen molar-refractivity contribution in [3.05, 3.63) is 53.7 Å². The second kappa shape index (κ2) is 6.84. The van der Waals surface area contributed by atoms with E-state index in [-0.39, 0.29) is 5.91 Å². The molecule has 4 rings (SSSR count). The van der Waals surface area contributed by atoms with E-state index in [4.69, 9.17) is 4.74 Å². The molecule has 3 aromatic rings. The Balaban J connectivity index is 1.42. The molecule has 7 nitrogen and oxygen atoms in total. The minimum Gasteiger partial charge on any atom is -0.367 e. The zero-order valence-electron chi connectivity index (χ0n) is 14.7. The van der Waals surface area contributed by atoms with E-state index >= 15 is 0 Å². The lowest BCUT2D eigenvalue weighted by Gasteiger charge is -2.32. The van der Waals surface area contributed by atoms with Crippen LogP contribution in [0.2, 0.25) is 0 Å². The molecule has 1 fully saturated rings. The first-order valence-corrected chi connectivity index (χ1v) is 8.82. The van der Waals surface area contributed by atoms with Gasteiger partial charge < -0.3 is 10.1 Å². The van der Waals surface area contributed by atoms with E-state index in [2.05, 4.69) is 25.5 Å². The molecule has 0 spiro atoms. The van der Waals surface area contributed by atoms with Crippen LogP contribution in [0, 0.1) is 0 Å². The van der Waals surface area contributed by atoms with Gasteiger partial charge in [0.05, 0.1) is 5.52 Å². The van der Waals surface area contributed by atoms with Crippen LogP contribution in [0.15, 0.2) is 36.7 Å². The maximum absolute atomic E-state index is 12.4. The summed E-state index contributed by atoms with van der Waals surface area (Å²) in [6.07, 6.45) is 6.62. The highest BCUT2D eigenvalue weighted by Gasteiger charge is 2.32. The first-order valence-electron chi connectivity index (χ1n) is 8.82. The fourth-order valence-corrected chi connectivity index (χ4v) is 3.23. The maximum atomic E-state index is 12.4. The summed E-state index contributed by atoms with van der Waals surface area (Å²) in [5.74, 6) is 0.472. The molecular formula is C19H21N5O2. The number of nitrogens with one attached hydrogen (secondary N) is 2. The average molecular weight is 351 g/mol. The van der Waals surface area contributed by atoms with Crippen molar-refractivity contribution in [2.75, 3.05) is 6.61 Å². The summed E-state index contributed by atoms with van der Waals surface area (Å²) < 4.78 is 5.87. The zero-order valence-corrected chi connectivity index (χ0v) is 14.7. The lowest BCUT2D eigenvalue weighted by molar-refractivity contribution is -0.0760. The number of benzene rings is 1. The van der Waals surface area contributed by atoms with Gasteiger partial charge in [0.15, 0.2) is 11.5 Å². The molecule has 1 saturated heterocycles. The van der Waals surface area contributed by atoms with Gasteiger partial charge in [-0.1, -0.05) is 18.2 Å². The average Bonchev–Trinajstić information content (AvgIpc) is 3.11. The number of ether oxygens (including phenoxy) is 1. The summed E-state index contributed by atoms with van der Waals surface area (Å²) in [5.41, 5.74) is 1.65. The molecule has 0 aliphatic carbocycles. The van der Waals surface area contributed by atoms with E-state index < -0.39 is 5.60 Å². The largest absolute Gasteiger partial charge is 0.367 e. The van der Waals surface area contributed by atoms with Gasteiger partial charge in [-0.3, -0.25) is 9.89 Å². The molecule has 2 N–H and O–H groups in total. The Morgan fingerprint density at radius 1 is 1.27 bits per heavy atom. The summed E-state index contributed by atoms with van der Waals surface area (Å²) in [6, 6.07) is 7.54. The van der Waals surface area contributed by atoms with Gasteiger partial charge in [-0.15, -0.1) is 0 Å². The molecule has 1 aromatic carbocycles. The van der Waals surface area contributed by atoms with Crippen molar-refractivity contribution in [3.8, 4) is 0 Å². The van der Waals surface area contributed by atoms with Gasteiger partial charge in [0.1, 0.15) is 5.60 Å². The summed E-state index contributed by atoms with van der Waals surface area (Å²) in [5, 5.41) is 10.6. The first-order chi connectivity index (χ1) is 12.7. The lowest BCUT2D eigenvalue weighted by Crippen LogP contribution is -2.32. The maximum Gasteiger partial charge on any atom is 0.272 e. The molecule has 0 bridgehead atoms. The topological polar surface area (TPSA) is 92.8 Å². The normalized spacial score (nSPS) is 20.2. The molecule has 1 atom stereocenters. The molecule has 0 unspecified atom stereocenters. The standard InChI is InChI=1S/C19H21N5O2/c1-19(8-4-5-9-26-19)18-21-11-13(12-22-18)10-20-17(25)16-14-6-2-3-7-15(14)23-24-16/h2-3,6-7,11-12H,4-5,8-10H2,1H3,(H,20,25)(H,23,24)/t19-/m0/s1. The lowest BCUT2D eigenvalue weighted by atomic mass is 9.95. The third kappa shape index (κ3) is 3.17. The molecule has 2 aromatic heterocycles. The third-order valence-electron chi connectivity index (χ3n) is 4.79. The molecule has 3 heterocycles. The quantitative estimate of drug-likeness (QED) is 0.754. The van der Waals surface area contributed by atoms with Crippen LogP contribution in [-0.4, -0.2) is 32.7 Å². The minimum absolute atomic E-state index is 0.228. The van der Waals surface area contributed by atoms with Gasteiger partial charge in [-0.05, 0) is 32.3 Å². The van der Waals surface area contributed by atoms with Crippen LogP contribution in [-0.2, 0) is 16.9 Å². The number of rotatable bonds is 4. The van der Waals surface area contributed by atoms with Crippen LogP contribution in [0.25, 0.3) is 10.9 Å². The Hall–Kier alpha value is -2.80. The van der Waals surface area contributed by atoms with E-state index in [9.17, 15) is 4.79 Å². The Labute approximate surface area is 151 Å². The number of carbonyl (C=O) groups is 1. The Morgan fingerprint density at radius 3 is 2.85 bits per heavy atom. The van der Waals surface area contributed by atoms with Crippen LogP contribution in [0.3, 0.4) is 0 Å². The number of fused-ring (bicyclic) bond motifs is 1. The van der Waals surface area contributed by atoms with Crippen molar-refractivity contribution >= 4 is 16.8 Å². The van der Waals surface area contributed by atoms with E-state index in [0.717, 1.165) is 42.3 Å². The van der Waals surface area contributed by atoms with Crippen molar-refractivity contribution < 1.29 is 9.53 Å². The Bertz CT molecular complexity index is 913. The van der Waals surface area contributed by atoms with Crippen LogP contribution in [0.5, 0.6) is 0 Å². The van der Waals surface area contributed by atoms with Gasteiger partial charge in [0.2, 0.25) is 0 Å². The fourth-order valence-electron chi connectivity index (χ4n) is 3.23. The van der Waals surface area contributed by atoms with Crippen molar-refractivity contribution in [1.29, 1.82) is 0 Å². The van der Waals surface area contributed by atoms with E-state index in [0.29, 0.717) is 18.1 Å². The smallest absolute Gasteiger partial charge is 0.272 e.